The molecule has 0 N–H and O–H groups in total. The Morgan fingerprint density at radius 2 is 1.82 bits per heavy atom. The van der Waals surface area contributed by atoms with Crippen LogP contribution in [0, 0.1) is 5.41 Å². The molecule has 1 unspecified atom stereocenters. The summed E-state index contributed by atoms with van der Waals surface area (Å²) in [6, 6.07) is 5.03. The molecule has 1 rings (SSSR count). The lowest BCUT2D eigenvalue weighted by atomic mass is 9.87. The molecule has 22 heavy (non-hydrogen) atoms. The van der Waals surface area contributed by atoms with Crippen LogP contribution in [0.1, 0.15) is 34.6 Å². The summed E-state index contributed by atoms with van der Waals surface area (Å²) in [5, 5.41) is 0.957. The van der Waals surface area contributed by atoms with Crippen molar-refractivity contribution in [1.82, 2.24) is 4.90 Å². The van der Waals surface area contributed by atoms with Gasteiger partial charge in [0, 0.05) is 17.0 Å². The summed E-state index contributed by atoms with van der Waals surface area (Å²) in [5.41, 5.74) is -0.475. The second kappa shape index (κ2) is 8.19. The monoisotopic (exact) mass is 345 g/mol. The second-order valence-electron chi connectivity index (χ2n) is 6.28. The summed E-state index contributed by atoms with van der Waals surface area (Å²) in [7, 11) is 0. The van der Waals surface area contributed by atoms with Gasteiger partial charge in [-0.2, -0.15) is 0 Å². The highest BCUT2D eigenvalue weighted by Crippen LogP contribution is 2.30. The third kappa shape index (κ3) is 5.45. The van der Waals surface area contributed by atoms with E-state index in [4.69, 9.17) is 27.9 Å². The number of carbonyl (C=O) groups excluding carboxylic acids is 1. The van der Waals surface area contributed by atoms with E-state index >= 15 is 0 Å². The van der Waals surface area contributed by atoms with Crippen molar-refractivity contribution in [3.8, 4) is 5.75 Å². The van der Waals surface area contributed by atoms with Gasteiger partial charge in [0.1, 0.15) is 5.75 Å². The number of carbonyl (C=O) groups is 1. The molecule has 0 aliphatic carbocycles. The van der Waals surface area contributed by atoms with Crippen LogP contribution in [0.4, 0.5) is 0 Å². The lowest BCUT2D eigenvalue weighted by Gasteiger charge is -2.29. The smallest absolute Gasteiger partial charge is 0.179 e. The zero-order valence-electron chi connectivity index (χ0n) is 14.0. The number of likely N-dealkylation sites (N-methyl/N-ethyl adjacent to an activating group) is 1. The average Bonchev–Trinajstić information content (AvgIpc) is 2.44. The number of Topliss-reactive ketones (excluding diaryl/α,β-unsaturated/α-hetero) is 1. The van der Waals surface area contributed by atoms with Crippen molar-refractivity contribution >= 4 is 29.0 Å². The maximum atomic E-state index is 12.7. The molecule has 0 bridgehead atoms. The molecule has 0 fully saturated rings. The van der Waals surface area contributed by atoms with E-state index in [1.807, 2.05) is 20.8 Å². The topological polar surface area (TPSA) is 29.5 Å². The maximum Gasteiger partial charge on any atom is 0.179 e. The molecule has 0 amide bonds. The molecule has 1 aromatic carbocycles. The third-order valence-electron chi connectivity index (χ3n) is 3.51. The molecule has 0 spiro atoms. The maximum absolute atomic E-state index is 12.7. The molecule has 0 radical (unpaired) electrons. The van der Waals surface area contributed by atoms with Gasteiger partial charge in [0.25, 0.3) is 0 Å². The highest BCUT2D eigenvalue weighted by molar-refractivity contribution is 6.35. The molecular weight excluding hydrogens is 321 g/mol. The van der Waals surface area contributed by atoms with E-state index in [1.165, 1.54) is 0 Å². The quantitative estimate of drug-likeness (QED) is 0.717. The van der Waals surface area contributed by atoms with Crippen LogP contribution >= 0.6 is 23.2 Å². The normalized spacial score (nSPS) is 13.3. The van der Waals surface area contributed by atoms with E-state index in [0.717, 1.165) is 13.1 Å². The molecule has 5 heteroatoms. The second-order valence-corrected chi connectivity index (χ2v) is 7.12. The first kappa shape index (κ1) is 19.3. The fraction of sp³-hybridized carbons (Fsp3) is 0.588. The van der Waals surface area contributed by atoms with Gasteiger partial charge in [-0.05, 0) is 31.3 Å². The molecule has 0 saturated carbocycles. The molecule has 124 valence electrons. The SMILES string of the molecule is CCN(CC)CC(Oc1ccc(Cl)cc1Cl)C(=O)C(C)(C)C. The van der Waals surface area contributed by atoms with Gasteiger partial charge in [0.15, 0.2) is 11.9 Å². The van der Waals surface area contributed by atoms with E-state index in [-0.39, 0.29) is 5.78 Å². The van der Waals surface area contributed by atoms with Crippen LogP contribution < -0.4 is 4.74 Å². The van der Waals surface area contributed by atoms with Crippen molar-refractivity contribution in [1.29, 1.82) is 0 Å². The largest absolute Gasteiger partial charge is 0.480 e. The molecule has 1 atom stereocenters. The van der Waals surface area contributed by atoms with Gasteiger partial charge in [0.05, 0.1) is 5.02 Å². The number of ether oxygens (including phenoxy) is 1. The van der Waals surface area contributed by atoms with Gasteiger partial charge in [-0.25, -0.2) is 0 Å². The van der Waals surface area contributed by atoms with Gasteiger partial charge in [-0.1, -0.05) is 57.8 Å². The standard InChI is InChI=1S/C17H25Cl2NO2/c1-6-20(7-2)11-15(16(21)17(3,4)5)22-14-9-8-12(18)10-13(14)19/h8-10,15H,6-7,11H2,1-5H3. The van der Waals surface area contributed by atoms with E-state index in [9.17, 15) is 4.79 Å². The zero-order valence-corrected chi connectivity index (χ0v) is 15.5. The fourth-order valence-corrected chi connectivity index (χ4v) is 2.55. The van der Waals surface area contributed by atoms with E-state index in [1.54, 1.807) is 18.2 Å². The van der Waals surface area contributed by atoms with Crippen LogP contribution in [0.25, 0.3) is 0 Å². The minimum absolute atomic E-state index is 0.0606. The van der Waals surface area contributed by atoms with Gasteiger partial charge in [-0.15, -0.1) is 0 Å². The average molecular weight is 346 g/mol. The van der Waals surface area contributed by atoms with Crippen LogP contribution in [-0.4, -0.2) is 36.4 Å². The van der Waals surface area contributed by atoms with E-state index < -0.39 is 11.5 Å². The summed E-state index contributed by atoms with van der Waals surface area (Å²) in [4.78, 5) is 14.9. The van der Waals surface area contributed by atoms with Gasteiger partial charge in [0.2, 0.25) is 0 Å². The van der Waals surface area contributed by atoms with E-state index in [0.29, 0.717) is 22.3 Å². The number of nitrogens with zero attached hydrogens (tertiary/aromatic N) is 1. The molecule has 0 aliphatic rings. The zero-order chi connectivity index (χ0) is 16.9. The first-order valence-corrected chi connectivity index (χ1v) is 8.33. The summed E-state index contributed by atoms with van der Waals surface area (Å²) in [5.74, 6) is 0.547. The predicted octanol–water partition coefficient (Wildman–Crippen LogP) is 4.70. The first-order chi connectivity index (χ1) is 10.2. The van der Waals surface area contributed by atoms with Crippen LogP contribution in [0.5, 0.6) is 5.75 Å². The fourth-order valence-electron chi connectivity index (χ4n) is 2.10. The number of rotatable bonds is 7. The number of ketones is 1. The van der Waals surface area contributed by atoms with Crippen LogP contribution in [0.2, 0.25) is 10.0 Å². The van der Waals surface area contributed by atoms with Crippen LogP contribution in [-0.2, 0) is 4.79 Å². The van der Waals surface area contributed by atoms with Crippen molar-refractivity contribution in [2.75, 3.05) is 19.6 Å². The predicted molar refractivity (Wildman–Crippen MR) is 93.1 cm³/mol. The van der Waals surface area contributed by atoms with Crippen molar-refractivity contribution < 1.29 is 9.53 Å². The van der Waals surface area contributed by atoms with Crippen molar-refractivity contribution in [3.05, 3.63) is 28.2 Å². The Labute approximate surface area is 143 Å². The highest BCUT2D eigenvalue weighted by Gasteiger charge is 2.32. The number of hydrogen-bond donors (Lipinski definition) is 0. The van der Waals surface area contributed by atoms with Gasteiger partial charge >= 0.3 is 0 Å². The Kier molecular flexibility index (Phi) is 7.17. The van der Waals surface area contributed by atoms with Crippen molar-refractivity contribution in [2.45, 2.75) is 40.7 Å². The molecule has 3 nitrogen and oxygen atoms in total. The number of benzene rings is 1. The molecule has 0 heterocycles. The Hall–Kier alpha value is -0.770. The van der Waals surface area contributed by atoms with Crippen LogP contribution in [0.15, 0.2) is 18.2 Å². The summed E-state index contributed by atoms with van der Waals surface area (Å²) in [6.07, 6.45) is -0.557. The lowest BCUT2D eigenvalue weighted by molar-refractivity contribution is -0.134. The lowest BCUT2D eigenvalue weighted by Crippen LogP contribution is -2.45. The first-order valence-electron chi connectivity index (χ1n) is 7.57. The van der Waals surface area contributed by atoms with Gasteiger partial charge < -0.3 is 4.74 Å². The minimum Gasteiger partial charge on any atom is -0.480 e. The Balaban J connectivity index is 3.01. The van der Waals surface area contributed by atoms with Crippen LogP contribution in [0.3, 0.4) is 0 Å². The van der Waals surface area contributed by atoms with E-state index in [2.05, 4.69) is 18.7 Å². The summed E-state index contributed by atoms with van der Waals surface area (Å²) >= 11 is 12.1. The minimum atomic E-state index is -0.557. The number of halogens is 2. The Morgan fingerprint density at radius 3 is 2.27 bits per heavy atom. The molecule has 0 aromatic heterocycles. The van der Waals surface area contributed by atoms with Crippen molar-refractivity contribution in [2.24, 2.45) is 5.41 Å². The Bertz CT molecular complexity index is 508. The van der Waals surface area contributed by atoms with Crippen molar-refractivity contribution in [3.63, 3.8) is 0 Å². The number of hydrogen-bond acceptors (Lipinski definition) is 3. The molecule has 1 aromatic rings. The summed E-state index contributed by atoms with van der Waals surface area (Å²) < 4.78 is 5.94. The highest BCUT2D eigenvalue weighted by atomic mass is 35.5. The third-order valence-corrected chi connectivity index (χ3v) is 4.04. The summed E-state index contributed by atoms with van der Waals surface area (Å²) in [6.45, 7) is 12.1. The van der Waals surface area contributed by atoms with Gasteiger partial charge in [-0.3, -0.25) is 9.69 Å². The Morgan fingerprint density at radius 1 is 1.23 bits per heavy atom. The molecule has 0 saturated heterocycles. The molecule has 0 aliphatic heterocycles. The molecular formula is C17H25Cl2NO2.